The molecular formula is C16H13Cl2N3O2. The maximum atomic E-state index is 12.2. The van der Waals surface area contributed by atoms with Gasteiger partial charge in [0.1, 0.15) is 10.8 Å². The predicted octanol–water partition coefficient (Wildman–Crippen LogP) is 3.77. The lowest BCUT2D eigenvalue weighted by Gasteiger charge is -2.16. The zero-order chi connectivity index (χ0) is 16.4. The number of hydrogen-bond acceptors (Lipinski definition) is 3. The lowest BCUT2D eigenvalue weighted by atomic mass is 10.2. The number of hydrogen-bond donors (Lipinski definition) is 1. The average molecular weight is 350 g/mol. The number of carbonyl (C=O) groups excluding carboxylic acids is 2. The summed E-state index contributed by atoms with van der Waals surface area (Å²) in [6, 6.07) is 10.1. The molecule has 1 saturated heterocycles. The Kier molecular flexibility index (Phi) is 4.50. The summed E-state index contributed by atoms with van der Waals surface area (Å²) in [4.78, 5) is 29.6. The Morgan fingerprint density at radius 1 is 1.13 bits per heavy atom. The number of amides is 2. The lowest BCUT2D eigenvalue weighted by Crippen LogP contribution is -2.23. The molecule has 0 aliphatic carbocycles. The molecule has 0 unspecified atom stereocenters. The molecule has 1 aliphatic rings. The van der Waals surface area contributed by atoms with Crippen LogP contribution in [0.3, 0.4) is 0 Å². The number of nitrogens with zero attached hydrogens (tertiary/aromatic N) is 2. The van der Waals surface area contributed by atoms with Crippen LogP contribution >= 0.6 is 23.2 Å². The molecule has 2 aromatic rings. The van der Waals surface area contributed by atoms with Crippen molar-refractivity contribution in [2.24, 2.45) is 0 Å². The van der Waals surface area contributed by atoms with Gasteiger partial charge in [0.15, 0.2) is 0 Å². The summed E-state index contributed by atoms with van der Waals surface area (Å²) in [5.74, 6) is -0.320. The smallest absolute Gasteiger partial charge is 0.275 e. The van der Waals surface area contributed by atoms with Crippen LogP contribution in [0.15, 0.2) is 36.4 Å². The third-order valence-electron chi connectivity index (χ3n) is 3.54. The van der Waals surface area contributed by atoms with Crippen molar-refractivity contribution in [2.75, 3.05) is 16.8 Å². The number of aromatic nitrogens is 1. The summed E-state index contributed by atoms with van der Waals surface area (Å²) in [5, 5.41) is 3.13. The van der Waals surface area contributed by atoms with Gasteiger partial charge in [-0.3, -0.25) is 9.59 Å². The van der Waals surface area contributed by atoms with Crippen molar-refractivity contribution < 1.29 is 9.59 Å². The summed E-state index contributed by atoms with van der Waals surface area (Å²) in [7, 11) is 0. The molecule has 1 aliphatic heterocycles. The van der Waals surface area contributed by atoms with Crippen LogP contribution in [0.5, 0.6) is 0 Å². The van der Waals surface area contributed by atoms with Crippen molar-refractivity contribution in [3.05, 3.63) is 52.3 Å². The Morgan fingerprint density at radius 3 is 2.52 bits per heavy atom. The van der Waals surface area contributed by atoms with Crippen LogP contribution in [0.2, 0.25) is 10.2 Å². The first-order chi connectivity index (χ1) is 11.0. The Balaban J connectivity index is 1.74. The second-order valence-corrected chi connectivity index (χ2v) is 5.91. The van der Waals surface area contributed by atoms with E-state index in [0.29, 0.717) is 12.1 Å². The normalized spacial score (nSPS) is 14.2. The van der Waals surface area contributed by atoms with Crippen molar-refractivity contribution in [1.29, 1.82) is 0 Å². The average Bonchev–Trinajstić information content (AvgIpc) is 2.96. The molecule has 0 atom stereocenters. The molecule has 5 nitrogen and oxygen atoms in total. The van der Waals surface area contributed by atoms with E-state index in [0.717, 1.165) is 18.7 Å². The van der Waals surface area contributed by atoms with Gasteiger partial charge in [0.05, 0.1) is 5.02 Å². The van der Waals surface area contributed by atoms with Crippen molar-refractivity contribution in [3.8, 4) is 0 Å². The molecule has 0 spiro atoms. The first kappa shape index (κ1) is 15.8. The van der Waals surface area contributed by atoms with E-state index in [9.17, 15) is 9.59 Å². The van der Waals surface area contributed by atoms with E-state index in [2.05, 4.69) is 10.3 Å². The first-order valence-corrected chi connectivity index (χ1v) is 7.84. The van der Waals surface area contributed by atoms with Crippen LogP contribution in [0.4, 0.5) is 11.4 Å². The predicted molar refractivity (Wildman–Crippen MR) is 90.2 cm³/mol. The van der Waals surface area contributed by atoms with Crippen molar-refractivity contribution in [2.45, 2.75) is 12.8 Å². The van der Waals surface area contributed by atoms with Crippen LogP contribution in [-0.2, 0) is 4.79 Å². The standard InChI is InChI=1S/C16H13Cl2N3O2/c17-12-7-8-13(18)20-15(12)16(23)19-10-3-5-11(6-4-10)21-9-1-2-14(21)22/h3-8H,1-2,9H2,(H,19,23). The highest BCUT2D eigenvalue weighted by Gasteiger charge is 2.21. The van der Waals surface area contributed by atoms with Gasteiger partial charge >= 0.3 is 0 Å². The number of halogens is 2. The van der Waals surface area contributed by atoms with Crippen LogP contribution in [-0.4, -0.2) is 23.3 Å². The Morgan fingerprint density at radius 2 is 1.87 bits per heavy atom. The minimum Gasteiger partial charge on any atom is -0.321 e. The largest absolute Gasteiger partial charge is 0.321 e. The van der Waals surface area contributed by atoms with Gasteiger partial charge < -0.3 is 10.2 Å². The van der Waals surface area contributed by atoms with Gasteiger partial charge in [0.25, 0.3) is 5.91 Å². The minimum absolute atomic E-state index is 0.0676. The number of nitrogens with one attached hydrogen (secondary N) is 1. The summed E-state index contributed by atoms with van der Waals surface area (Å²) in [6.07, 6.45) is 1.45. The number of pyridine rings is 1. The molecule has 118 valence electrons. The van der Waals surface area contributed by atoms with Gasteiger partial charge in [-0.25, -0.2) is 4.98 Å². The van der Waals surface area contributed by atoms with E-state index in [1.807, 2.05) is 0 Å². The molecule has 1 fully saturated rings. The Labute approximate surface area is 143 Å². The zero-order valence-corrected chi connectivity index (χ0v) is 13.6. The summed E-state index contributed by atoms with van der Waals surface area (Å²) < 4.78 is 0. The quantitative estimate of drug-likeness (QED) is 0.858. The van der Waals surface area contributed by atoms with E-state index in [1.165, 1.54) is 12.1 Å². The van der Waals surface area contributed by atoms with Crippen molar-refractivity contribution >= 4 is 46.4 Å². The maximum Gasteiger partial charge on any atom is 0.275 e. The van der Waals surface area contributed by atoms with Gasteiger partial charge in [-0.15, -0.1) is 0 Å². The highest BCUT2D eigenvalue weighted by molar-refractivity contribution is 6.35. The van der Waals surface area contributed by atoms with Crippen LogP contribution in [0.1, 0.15) is 23.3 Å². The second kappa shape index (κ2) is 6.56. The molecule has 1 N–H and O–H groups in total. The topological polar surface area (TPSA) is 62.3 Å². The third-order valence-corrected chi connectivity index (χ3v) is 4.05. The molecule has 2 heterocycles. The van der Waals surface area contributed by atoms with Crippen LogP contribution in [0.25, 0.3) is 0 Å². The molecule has 0 radical (unpaired) electrons. The summed E-state index contributed by atoms with van der Waals surface area (Å²) in [6.45, 7) is 0.729. The molecule has 1 aromatic carbocycles. The first-order valence-electron chi connectivity index (χ1n) is 7.08. The zero-order valence-electron chi connectivity index (χ0n) is 12.1. The van der Waals surface area contributed by atoms with Gasteiger partial charge in [-0.2, -0.15) is 0 Å². The Bertz CT molecular complexity index is 762. The second-order valence-electron chi connectivity index (χ2n) is 5.11. The fraction of sp³-hybridized carbons (Fsp3) is 0.188. The van der Waals surface area contributed by atoms with Crippen LogP contribution in [0, 0.1) is 0 Å². The number of carbonyl (C=O) groups is 2. The van der Waals surface area contributed by atoms with E-state index in [4.69, 9.17) is 23.2 Å². The monoisotopic (exact) mass is 349 g/mol. The molecule has 23 heavy (non-hydrogen) atoms. The number of anilines is 2. The fourth-order valence-electron chi connectivity index (χ4n) is 2.41. The van der Waals surface area contributed by atoms with Crippen LogP contribution < -0.4 is 10.2 Å². The van der Waals surface area contributed by atoms with E-state index in [1.54, 1.807) is 29.2 Å². The SMILES string of the molecule is O=C(Nc1ccc(N2CCCC2=O)cc1)c1nc(Cl)ccc1Cl. The fourth-order valence-corrected chi connectivity index (χ4v) is 2.75. The summed E-state index contributed by atoms with van der Waals surface area (Å²) >= 11 is 11.7. The third kappa shape index (κ3) is 3.46. The maximum absolute atomic E-state index is 12.2. The summed E-state index contributed by atoms with van der Waals surface area (Å²) in [5.41, 5.74) is 1.48. The highest BCUT2D eigenvalue weighted by Crippen LogP contribution is 2.24. The van der Waals surface area contributed by atoms with E-state index >= 15 is 0 Å². The Hall–Kier alpha value is -2.11. The molecule has 0 bridgehead atoms. The van der Waals surface area contributed by atoms with Gasteiger partial charge in [-0.1, -0.05) is 23.2 Å². The highest BCUT2D eigenvalue weighted by atomic mass is 35.5. The molecule has 1 aromatic heterocycles. The number of rotatable bonds is 3. The molecule has 2 amide bonds. The molecule has 0 saturated carbocycles. The van der Waals surface area contributed by atoms with Gasteiger partial charge in [0, 0.05) is 24.3 Å². The van der Waals surface area contributed by atoms with Crippen molar-refractivity contribution in [1.82, 2.24) is 4.98 Å². The molecule has 3 rings (SSSR count). The van der Waals surface area contributed by atoms with Gasteiger partial charge in [0.2, 0.25) is 5.91 Å². The molecule has 7 heteroatoms. The lowest BCUT2D eigenvalue weighted by molar-refractivity contribution is -0.117. The van der Waals surface area contributed by atoms with Crippen molar-refractivity contribution in [3.63, 3.8) is 0 Å². The minimum atomic E-state index is -0.442. The van der Waals surface area contributed by atoms with E-state index < -0.39 is 5.91 Å². The number of benzene rings is 1. The van der Waals surface area contributed by atoms with E-state index in [-0.39, 0.29) is 21.8 Å². The molecular weight excluding hydrogens is 337 g/mol. The van der Waals surface area contributed by atoms with Gasteiger partial charge in [-0.05, 0) is 42.8 Å².